The van der Waals surface area contributed by atoms with Crippen LogP contribution in [-0.2, 0) is 4.79 Å². The molecule has 0 aromatic carbocycles. The number of carbonyl (C=O) groups excluding carboxylic acids is 1. The van der Waals surface area contributed by atoms with Crippen LogP contribution in [0.1, 0.15) is 6.42 Å². The lowest BCUT2D eigenvalue weighted by Crippen LogP contribution is -2.41. The fourth-order valence-corrected chi connectivity index (χ4v) is 0.526. The summed E-state index contributed by atoms with van der Waals surface area (Å²) in [5.41, 5.74) is 0. The van der Waals surface area contributed by atoms with E-state index in [4.69, 9.17) is 5.11 Å². The Morgan fingerprint density at radius 1 is 1.21 bits per heavy atom. The number of nitrogens with one attached hydrogen (secondary N) is 2. The largest absolute Gasteiger partial charge is 0.481 e. The lowest BCUT2D eigenvalue weighted by atomic mass is 10.4. The van der Waals surface area contributed by atoms with E-state index in [0.717, 1.165) is 0 Å². The second-order valence-electron chi connectivity index (χ2n) is 2.37. The first-order chi connectivity index (χ1) is 6.31. The molecule has 0 rings (SSSR count). The minimum absolute atomic E-state index is 0.209. The molecule has 0 heterocycles. The highest BCUT2D eigenvalue weighted by atomic mass is 19.4. The second kappa shape index (κ2) is 5.30. The average molecular weight is 214 g/mol. The number of carboxylic acid groups (broad SMARTS) is 1. The van der Waals surface area contributed by atoms with Crippen molar-refractivity contribution in [2.24, 2.45) is 0 Å². The Balaban J connectivity index is 3.52. The van der Waals surface area contributed by atoms with Crippen molar-refractivity contribution >= 4 is 12.0 Å². The van der Waals surface area contributed by atoms with Crippen LogP contribution >= 0.6 is 0 Å². The number of carboxylic acids is 1. The molecular weight excluding hydrogens is 205 g/mol. The number of carbonyl (C=O) groups is 2. The number of hydrogen-bond acceptors (Lipinski definition) is 2. The molecule has 0 spiro atoms. The van der Waals surface area contributed by atoms with Crippen LogP contribution in [0, 0.1) is 0 Å². The van der Waals surface area contributed by atoms with Crippen LogP contribution in [0.15, 0.2) is 0 Å². The molecule has 0 aromatic heterocycles. The summed E-state index contributed by atoms with van der Waals surface area (Å²) in [7, 11) is 0. The molecule has 14 heavy (non-hydrogen) atoms. The van der Waals surface area contributed by atoms with Crippen molar-refractivity contribution in [2.45, 2.75) is 12.6 Å². The van der Waals surface area contributed by atoms with Crippen LogP contribution in [0.2, 0.25) is 0 Å². The molecule has 5 nitrogen and oxygen atoms in total. The van der Waals surface area contributed by atoms with Crippen LogP contribution in [0.3, 0.4) is 0 Å². The normalized spacial score (nSPS) is 10.8. The van der Waals surface area contributed by atoms with Crippen LogP contribution in [0.4, 0.5) is 18.0 Å². The molecular formula is C6H9F3N2O3. The SMILES string of the molecule is O=C(O)CCNC(=O)NCC(F)(F)F. The van der Waals surface area contributed by atoms with E-state index in [1.54, 1.807) is 0 Å². The summed E-state index contributed by atoms with van der Waals surface area (Å²) in [4.78, 5) is 20.5. The van der Waals surface area contributed by atoms with Crippen molar-refractivity contribution in [3.05, 3.63) is 0 Å². The van der Waals surface area contributed by atoms with Crippen molar-refractivity contribution in [2.75, 3.05) is 13.1 Å². The van der Waals surface area contributed by atoms with Gasteiger partial charge in [0.05, 0.1) is 6.42 Å². The lowest BCUT2D eigenvalue weighted by Gasteiger charge is -2.08. The zero-order valence-electron chi connectivity index (χ0n) is 7.02. The maximum absolute atomic E-state index is 11.5. The van der Waals surface area contributed by atoms with Gasteiger partial charge >= 0.3 is 18.2 Å². The third kappa shape index (κ3) is 8.62. The summed E-state index contributed by atoms with van der Waals surface area (Å²) < 4.78 is 34.6. The van der Waals surface area contributed by atoms with Gasteiger partial charge in [-0.1, -0.05) is 0 Å². The van der Waals surface area contributed by atoms with Gasteiger partial charge in [0, 0.05) is 6.54 Å². The van der Waals surface area contributed by atoms with Crippen LogP contribution in [0.25, 0.3) is 0 Å². The molecule has 0 unspecified atom stereocenters. The Kier molecular flexibility index (Phi) is 4.74. The topological polar surface area (TPSA) is 78.4 Å². The van der Waals surface area contributed by atoms with Crippen molar-refractivity contribution < 1.29 is 27.9 Å². The molecule has 0 aliphatic heterocycles. The Hall–Kier alpha value is -1.47. The molecule has 0 fully saturated rings. The zero-order chi connectivity index (χ0) is 11.2. The number of amides is 2. The Labute approximate surface area is 77.3 Å². The Bertz CT molecular complexity index is 217. The summed E-state index contributed by atoms with van der Waals surface area (Å²) in [6.07, 6.45) is -4.80. The number of urea groups is 1. The third-order valence-electron chi connectivity index (χ3n) is 1.07. The lowest BCUT2D eigenvalue weighted by molar-refractivity contribution is -0.136. The van der Waals surface area contributed by atoms with Gasteiger partial charge in [-0.2, -0.15) is 13.2 Å². The number of aliphatic carboxylic acids is 1. The second-order valence-corrected chi connectivity index (χ2v) is 2.37. The third-order valence-corrected chi connectivity index (χ3v) is 1.07. The quantitative estimate of drug-likeness (QED) is 0.630. The summed E-state index contributed by atoms with van der Waals surface area (Å²) >= 11 is 0. The number of hydrogen-bond donors (Lipinski definition) is 3. The standard InChI is InChI=1S/C6H9F3N2O3/c7-6(8,9)3-11-5(14)10-2-1-4(12)13/h1-3H2,(H,12,13)(H2,10,11,14). The van der Waals surface area contributed by atoms with E-state index in [0.29, 0.717) is 0 Å². The molecule has 0 aromatic rings. The van der Waals surface area contributed by atoms with Gasteiger partial charge in [-0.25, -0.2) is 4.79 Å². The monoisotopic (exact) mass is 214 g/mol. The van der Waals surface area contributed by atoms with Gasteiger partial charge in [0.2, 0.25) is 0 Å². The molecule has 3 N–H and O–H groups in total. The van der Waals surface area contributed by atoms with Crippen molar-refractivity contribution in [3.8, 4) is 0 Å². The van der Waals surface area contributed by atoms with Crippen molar-refractivity contribution in [3.63, 3.8) is 0 Å². The van der Waals surface area contributed by atoms with Gasteiger partial charge in [-0.3, -0.25) is 4.79 Å². The van der Waals surface area contributed by atoms with Crippen molar-refractivity contribution in [1.82, 2.24) is 10.6 Å². The zero-order valence-corrected chi connectivity index (χ0v) is 7.02. The van der Waals surface area contributed by atoms with Crippen molar-refractivity contribution in [1.29, 1.82) is 0 Å². The molecule has 0 atom stereocenters. The molecule has 0 aliphatic rings. The minimum Gasteiger partial charge on any atom is -0.481 e. The van der Waals surface area contributed by atoms with Gasteiger partial charge < -0.3 is 15.7 Å². The van der Waals surface area contributed by atoms with E-state index in [2.05, 4.69) is 0 Å². The van der Waals surface area contributed by atoms with Crippen LogP contribution < -0.4 is 10.6 Å². The summed E-state index contributed by atoms with van der Waals surface area (Å²) in [6.45, 7) is -1.65. The minimum atomic E-state index is -4.47. The van der Waals surface area contributed by atoms with Crippen LogP contribution in [-0.4, -0.2) is 36.4 Å². The maximum atomic E-state index is 11.5. The first kappa shape index (κ1) is 12.5. The fourth-order valence-electron chi connectivity index (χ4n) is 0.526. The summed E-state index contributed by atoms with van der Waals surface area (Å²) in [6, 6.07) is -1.04. The predicted octanol–water partition coefficient (Wildman–Crippen LogP) is 0.323. The fraction of sp³-hybridized carbons (Fsp3) is 0.667. The van der Waals surface area contributed by atoms with Gasteiger partial charge in [0.15, 0.2) is 0 Å². The molecule has 0 aliphatic carbocycles. The number of alkyl halides is 3. The highest BCUT2D eigenvalue weighted by Crippen LogP contribution is 2.11. The summed E-state index contributed by atoms with van der Waals surface area (Å²) in [5.74, 6) is -1.14. The number of halogens is 3. The molecule has 0 saturated heterocycles. The van der Waals surface area contributed by atoms with E-state index in [1.165, 1.54) is 5.32 Å². The molecule has 82 valence electrons. The Morgan fingerprint density at radius 2 is 1.79 bits per heavy atom. The first-order valence-corrected chi connectivity index (χ1v) is 3.61. The summed E-state index contributed by atoms with van der Waals surface area (Å²) in [5, 5.41) is 11.6. The van der Waals surface area contributed by atoms with Gasteiger partial charge in [0.1, 0.15) is 6.54 Å². The smallest absolute Gasteiger partial charge is 0.405 e. The molecule has 8 heteroatoms. The highest BCUT2D eigenvalue weighted by Gasteiger charge is 2.27. The molecule has 2 amide bonds. The number of rotatable bonds is 4. The van der Waals surface area contributed by atoms with E-state index in [1.807, 2.05) is 5.32 Å². The van der Waals surface area contributed by atoms with Crippen LogP contribution in [0.5, 0.6) is 0 Å². The van der Waals surface area contributed by atoms with Gasteiger partial charge in [-0.15, -0.1) is 0 Å². The van der Waals surface area contributed by atoms with E-state index in [-0.39, 0.29) is 13.0 Å². The van der Waals surface area contributed by atoms with Gasteiger partial charge in [-0.05, 0) is 0 Å². The molecule has 0 radical (unpaired) electrons. The van der Waals surface area contributed by atoms with E-state index in [9.17, 15) is 22.8 Å². The Morgan fingerprint density at radius 3 is 2.21 bits per heavy atom. The molecule has 0 saturated carbocycles. The average Bonchev–Trinajstić information content (AvgIpc) is 1.99. The first-order valence-electron chi connectivity index (χ1n) is 3.61. The van der Waals surface area contributed by atoms with E-state index < -0.39 is 24.7 Å². The maximum Gasteiger partial charge on any atom is 0.405 e. The van der Waals surface area contributed by atoms with Gasteiger partial charge in [0.25, 0.3) is 0 Å². The molecule has 0 bridgehead atoms. The highest BCUT2D eigenvalue weighted by molar-refractivity contribution is 5.74. The predicted molar refractivity (Wildman–Crippen MR) is 39.7 cm³/mol. The van der Waals surface area contributed by atoms with E-state index >= 15 is 0 Å².